The van der Waals surface area contributed by atoms with Crippen LogP contribution in [0.3, 0.4) is 0 Å². The molecule has 0 radical (unpaired) electrons. The van der Waals surface area contributed by atoms with E-state index in [-0.39, 0.29) is 11.8 Å². The Labute approximate surface area is 119 Å². The maximum Gasteiger partial charge on any atom is 0.251 e. The van der Waals surface area contributed by atoms with Gasteiger partial charge in [-0.05, 0) is 44.0 Å². The summed E-state index contributed by atoms with van der Waals surface area (Å²) in [6, 6.07) is 6.95. The molecule has 0 heterocycles. The van der Waals surface area contributed by atoms with Crippen molar-refractivity contribution in [2.24, 2.45) is 5.73 Å². The number of hydrogen-bond acceptors (Lipinski definition) is 3. The van der Waals surface area contributed by atoms with Crippen LogP contribution >= 0.6 is 0 Å². The molecule has 0 aliphatic rings. The number of carbonyl (C=O) groups excluding carboxylic acids is 2. The summed E-state index contributed by atoms with van der Waals surface area (Å²) < 4.78 is 0. The highest BCUT2D eigenvalue weighted by atomic mass is 16.2. The van der Waals surface area contributed by atoms with Gasteiger partial charge in [-0.25, -0.2) is 0 Å². The number of amides is 2. The lowest BCUT2D eigenvalue weighted by Gasteiger charge is -2.08. The molecule has 1 aromatic carbocycles. The first-order valence-electron chi connectivity index (χ1n) is 7.05. The number of hydrogen-bond donors (Lipinski definition) is 3. The molecule has 2 amide bonds. The van der Waals surface area contributed by atoms with Crippen LogP contribution in [0.2, 0.25) is 0 Å². The third-order valence-electron chi connectivity index (χ3n) is 2.80. The van der Waals surface area contributed by atoms with Crippen LogP contribution in [-0.4, -0.2) is 24.9 Å². The molecule has 0 saturated carbocycles. The summed E-state index contributed by atoms with van der Waals surface area (Å²) in [7, 11) is 0. The minimum absolute atomic E-state index is 0.0513. The summed E-state index contributed by atoms with van der Waals surface area (Å²) in [4.78, 5) is 23.5. The predicted molar refractivity (Wildman–Crippen MR) is 80.6 cm³/mol. The number of benzene rings is 1. The third kappa shape index (κ3) is 5.84. The lowest BCUT2D eigenvalue weighted by Crippen LogP contribution is -2.24. The van der Waals surface area contributed by atoms with Crippen LogP contribution in [0.4, 0.5) is 5.69 Å². The van der Waals surface area contributed by atoms with Gasteiger partial charge in [-0.2, -0.15) is 0 Å². The molecule has 0 aliphatic heterocycles. The Bertz CT molecular complexity index is 446. The van der Waals surface area contributed by atoms with Gasteiger partial charge in [-0.15, -0.1) is 0 Å². The molecule has 0 saturated heterocycles. The number of unbranched alkanes of at least 4 members (excludes halogenated alkanes) is 1. The lowest BCUT2D eigenvalue weighted by atomic mass is 10.1. The van der Waals surface area contributed by atoms with Crippen molar-refractivity contribution in [3.63, 3.8) is 0 Å². The highest BCUT2D eigenvalue weighted by molar-refractivity contribution is 5.97. The fraction of sp³-hybridized carbons (Fsp3) is 0.467. The molecule has 0 atom stereocenters. The molecule has 0 bridgehead atoms. The van der Waals surface area contributed by atoms with E-state index in [2.05, 4.69) is 10.6 Å². The van der Waals surface area contributed by atoms with Gasteiger partial charge in [0, 0.05) is 24.2 Å². The largest absolute Gasteiger partial charge is 0.352 e. The highest BCUT2D eigenvalue weighted by Gasteiger charge is 2.07. The van der Waals surface area contributed by atoms with Gasteiger partial charge in [0.05, 0.1) is 0 Å². The molecule has 110 valence electrons. The Hall–Kier alpha value is -1.88. The van der Waals surface area contributed by atoms with E-state index in [1.54, 1.807) is 24.3 Å². The Morgan fingerprint density at radius 1 is 1.25 bits per heavy atom. The number of carbonyl (C=O) groups is 2. The van der Waals surface area contributed by atoms with Crippen molar-refractivity contribution in [3.05, 3.63) is 29.8 Å². The van der Waals surface area contributed by atoms with Crippen molar-refractivity contribution in [1.82, 2.24) is 5.32 Å². The third-order valence-corrected chi connectivity index (χ3v) is 2.80. The van der Waals surface area contributed by atoms with E-state index in [0.717, 1.165) is 19.3 Å². The number of nitrogens with two attached hydrogens (primary N) is 1. The maximum atomic E-state index is 11.8. The second kappa shape index (κ2) is 9.09. The zero-order chi connectivity index (χ0) is 14.8. The Morgan fingerprint density at radius 2 is 2.05 bits per heavy atom. The molecule has 0 unspecified atom stereocenters. The normalized spacial score (nSPS) is 10.1. The SMILES string of the molecule is CCCNC(=O)c1cccc(NC(=O)CCCCN)c1. The summed E-state index contributed by atoms with van der Waals surface area (Å²) in [5.74, 6) is -0.171. The first kappa shape index (κ1) is 16.2. The van der Waals surface area contributed by atoms with E-state index in [1.165, 1.54) is 0 Å². The van der Waals surface area contributed by atoms with Crippen molar-refractivity contribution >= 4 is 17.5 Å². The zero-order valence-electron chi connectivity index (χ0n) is 11.9. The average Bonchev–Trinajstić information content (AvgIpc) is 2.45. The van der Waals surface area contributed by atoms with Crippen LogP contribution in [0.25, 0.3) is 0 Å². The number of anilines is 1. The second-order valence-electron chi connectivity index (χ2n) is 4.63. The summed E-state index contributed by atoms with van der Waals surface area (Å²) in [6.07, 6.45) is 2.96. The molecular weight excluding hydrogens is 254 g/mol. The zero-order valence-corrected chi connectivity index (χ0v) is 11.9. The van der Waals surface area contributed by atoms with Gasteiger partial charge in [0.2, 0.25) is 5.91 Å². The molecule has 0 fully saturated rings. The fourth-order valence-electron chi connectivity index (χ4n) is 1.73. The van der Waals surface area contributed by atoms with Crippen molar-refractivity contribution < 1.29 is 9.59 Å². The van der Waals surface area contributed by atoms with Gasteiger partial charge in [0.1, 0.15) is 0 Å². The van der Waals surface area contributed by atoms with Crippen LogP contribution < -0.4 is 16.4 Å². The van der Waals surface area contributed by atoms with E-state index < -0.39 is 0 Å². The van der Waals surface area contributed by atoms with E-state index >= 15 is 0 Å². The molecule has 1 rings (SSSR count). The monoisotopic (exact) mass is 277 g/mol. The smallest absolute Gasteiger partial charge is 0.251 e. The molecule has 0 aromatic heterocycles. The summed E-state index contributed by atoms with van der Waals surface area (Å²) in [5.41, 5.74) is 6.58. The minimum atomic E-state index is -0.119. The average molecular weight is 277 g/mol. The maximum absolute atomic E-state index is 11.8. The van der Waals surface area contributed by atoms with Gasteiger partial charge in [-0.3, -0.25) is 9.59 Å². The van der Waals surface area contributed by atoms with E-state index in [1.807, 2.05) is 6.92 Å². The van der Waals surface area contributed by atoms with Crippen LogP contribution in [0.15, 0.2) is 24.3 Å². The number of rotatable bonds is 8. The standard InChI is InChI=1S/C15H23N3O2/c1-2-10-17-15(20)12-6-5-7-13(11-12)18-14(19)8-3-4-9-16/h5-7,11H,2-4,8-10,16H2,1H3,(H,17,20)(H,18,19). The molecule has 5 nitrogen and oxygen atoms in total. The van der Waals surface area contributed by atoms with Gasteiger partial charge in [-0.1, -0.05) is 13.0 Å². The van der Waals surface area contributed by atoms with E-state index in [9.17, 15) is 9.59 Å². The minimum Gasteiger partial charge on any atom is -0.352 e. The second-order valence-corrected chi connectivity index (χ2v) is 4.63. The summed E-state index contributed by atoms with van der Waals surface area (Å²) >= 11 is 0. The molecular formula is C15H23N3O2. The molecule has 4 N–H and O–H groups in total. The lowest BCUT2D eigenvalue weighted by molar-refractivity contribution is -0.116. The van der Waals surface area contributed by atoms with Crippen LogP contribution in [0, 0.1) is 0 Å². The topological polar surface area (TPSA) is 84.2 Å². The van der Waals surface area contributed by atoms with Crippen LogP contribution in [-0.2, 0) is 4.79 Å². The van der Waals surface area contributed by atoms with Crippen molar-refractivity contribution in [1.29, 1.82) is 0 Å². The van der Waals surface area contributed by atoms with Gasteiger partial charge >= 0.3 is 0 Å². The number of nitrogens with one attached hydrogen (secondary N) is 2. The van der Waals surface area contributed by atoms with Crippen molar-refractivity contribution in [2.75, 3.05) is 18.4 Å². The van der Waals surface area contributed by atoms with Crippen molar-refractivity contribution in [2.45, 2.75) is 32.6 Å². The highest BCUT2D eigenvalue weighted by Crippen LogP contribution is 2.11. The van der Waals surface area contributed by atoms with Crippen LogP contribution in [0.1, 0.15) is 43.0 Å². The Balaban J connectivity index is 2.54. The van der Waals surface area contributed by atoms with Gasteiger partial charge in [0.15, 0.2) is 0 Å². The summed E-state index contributed by atoms with van der Waals surface area (Å²) in [6.45, 7) is 3.24. The fourth-order valence-corrected chi connectivity index (χ4v) is 1.73. The van der Waals surface area contributed by atoms with E-state index in [0.29, 0.717) is 30.8 Å². The van der Waals surface area contributed by atoms with Crippen molar-refractivity contribution in [3.8, 4) is 0 Å². The first-order valence-corrected chi connectivity index (χ1v) is 7.05. The van der Waals surface area contributed by atoms with Gasteiger partial charge < -0.3 is 16.4 Å². The molecule has 0 spiro atoms. The van der Waals surface area contributed by atoms with Crippen LogP contribution in [0.5, 0.6) is 0 Å². The molecule has 1 aromatic rings. The quantitative estimate of drug-likeness (QED) is 0.634. The Morgan fingerprint density at radius 3 is 2.75 bits per heavy atom. The molecule has 20 heavy (non-hydrogen) atoms. The first-order chi connectivity index (χ1) is 9.67. The van der Waals surface area contributed by atoms with E-state index in [4.69, 9.17) is 5.73 Å². The van der Waals surface area contributed by atoms with Gasteiger partial charge in [0.25, 0.3) is 5.91 Å². The Kier molecular flexibility index (Phi) is 7.35. The summed E-state index contributed by atoms with van der Waals surface area (Å²) in [5, 5.41) is 5.60. The predicted octanol–water partition coefficient (Wildman–Crippen LogP) is 1.89. The molecule has 5 heteroatoms. The molecule has 0 aliphatic carbocycles.